The Morgan fingerprint density at radius 1 is 0.967 bits per heavy atom. The number of benzene rings is 2. The van der Waals surface area contributed by atoms with E-state index in [1.807, 2.05) is 59.5 Å². The van der Waals surface area contributed by atoms with Crippen LogP contribution in [0.3, 0.4) is 0 Å². The molecule has 0 unspecified atom stereocenters. The van der Waals surface area contributed by atoms with E-state index in [1.165, 1.54) is 11.1 Å². The Hall–Kier alpha value is -3.12. The first-order chi connectivity index (χ1) is 14.7. The van der Waals surface area contributed by atoms with Gasteiger partial charge < -0.3 is 20.3 Å². The second-order valence-electron chi connectivity index (χ2n) is 7.72. The van der Waals surface area contributed by atoms with E-state index in [9.17, 15) is 9.59 Å². The second kappa shape index (κ2) is 9.59. The third kappa shape index (κ3) is 5.07. The van der Waals surface area contributed by atoms with Crippen molar-refractivity contribution in [2.75, 3.05) is 31.6 Å². The number of aryl methyl sites for hydroxylation is 1. The molecule has 0 spiro atoms. The molecule has 0 atom stereocenters. The van der Waals surface area contributed by atoms with Crippen LogP contribution >= 0.6 is 0 Å². The zero-order valence-electron chi connectivity index (χ0n) is 17.0. The van der Waals surface area contributed by atoms with Gasteiger partial charge in [0.15, 0.2) is 0 Å². The molecule has 0 aromatic heterocycles. The van der Waals surface area contributed by atoms with Crippen LogP contribution in [0.15, 0.2) is 65.7 Å². The summed E-state index contributed by atoms with van der Waals surface area (Å²) in [5, 5.41) is 5.98. The highest BCUT2D eigenvalue weighted by Gasteiger charge is 2.25. The molecule has 0 bridgehead atoms. The first-order valence-corrected chi connectivity index (χ1v) is 10.4. The summed E-state index contributed by atoms with van der Waals surface area (Å²) in [5.74, 6) is -0.0330. The maximum atomic E-state index is 12.6. The zero-order valence-corrected chi connectivity index (χ0v) is 17.0. The van der Waals surface area contributed by atoms with Crippen molar-refractivity contribution in [2.24, 2.45) is 0 Å². The van der Waals surface area contributed by atoms with Crippen LogP contribution in [-0.4, -0.2) is 43.1 Å². The van der Waals surface area contributed by atoms with Gasteiger partial charge in [0.05, 0.1) is 13.2 Å². The number of ether oxygens (including phenoxy) is 1. The molecule has 0 aliphatic carbocycles. The quantitative estimate of drug-likeness (QED) is 0.723. The molecule has 2 heterocycles. The minimum absolute atomic E-state index is 0.0330. The van der Waals surface area contributed by atoms with Gasteiger partial charge in [-0.25, -0.2) is 4.79 Å². The number of rotatable bonds is 6. The Bertz CT molecular complexity index is 940. The van der Waals surface area contributed by atoms with E-state index in [1.54, 1.807) is 0 Å². The molecule has 2 aromatic rings. The maximum absolute atomic E-state index is 12.6. The molecule has 4 rings (SSSR count). The lowest BCUT2D eigenvalue weighted by atomic mass is 10.0. The maximum Gasteiger partial charge on any atom is 0.317 e. The SMILES string of the molecule is O=C(CCc1ccccc1)Nc1ccccc1CNC(=O)N1CCC2=C(COC2)C1. The molecule has 6 nitrogen and oxygen atoms in total. The molecular weight excluding hydrogens is 378 g/mol. The highest BCUT2D eigenvalue weighted by Crippen LogP contribution is 2.23. The van der Waals surface area contributed by atoms with Gasteiger partial charge in [-0.1, -0.05) is 48.5 Å². The number of urea groups is 1. The molecular formula is C24H27N3O3. The summed E-state index contributed by atoms with van der Waals surface area (Å²) in [5.41, 5.74) is 5.36. The summed E-state index contributed by atoms with van der Waals surface area (Å²) in [6.45, 7) is 3.07. The molecule has 2 aliphatic heterocycles. The summed E-state index contributed by atoms with van der Waals surface area (Å²) in [6, 6.07) is 17.5. The Morgan fingerprint density at radius 3 is 2.60 bits per heavy atom. The van der Waals surface area contributed by atoms with E-state index in [-0.39, 0.29) is 11.9 Å². The molecule has 156 valence electrons. The fraction of sp³-hybridized carbons (Fsp3) is 0.333. The minimum Gasteiger partial charge on any atom is -0.373 e. The molecule has 0 saturated carbocycles. The van der Waals surface area contributed by atoms with Gasteiger partial charge in [0.2, 0.25) is 5.91 Å². The predicted molar refractivity (Wildman–Crippen MR) is 116 cm³/mol. The normalized spacial score (nSPS) is 15.7. The van der Waals surface area contributed by atoms with E-state index >= 15 is 0 Å². The van der Waals surface area contributed by atoms with Crippen LogP contribution in [0.5, 0.6) is 0 Å². The van der Waals surface area contributed by atoms with Gasteiger partial charge in [0, 0.05) is 31.7 Å². The largest absolute Gasteiger partial charge is 0.373 e. The standard InChI is InChI=1S/C24H27N3O3/c28-23(11-10-18-6-2-1-3-7-18)26-22-9-5-4-8-19(22)14-25-24(29)27-13-12-20-16-30-17-21(20)15-27/h1-9H,10-17H2,(H,25,29)(H,26,28). The fourth-order valence-corrected chi connectivity index (χ4v) is 3.85. The first-order valence-electron chi connectivity index (χ1n) is 10.4. The molecule has 2 N–H and O–H groups in total. The van der Waals surface area contributed by atoms with Gasteiger partial charge in [-0.15, -0.1) is 0 Å². The number of carbonyl (C=O) groups excluding carboxylic acids is 2. The van der Waals surface area contributed by atoms with E-state index < -0.39 is 0 Å². The van der Waals surface area contributed by atoms with Crippen LogP contribution < -0.4 is 10.6 Å². The van der Waals surface area contributed by atoms with Gasteiger partial charge in [0.1, 0.15) is 0 Å². The van der Waals surface area contributed by atoms with Crippen LogP contribution in [0.4, 0.5) is 10.5 Å². The molecule has 30 heavy (non-hydrogen) atoms. The predicted octanol–water partition coefficient (Wildman–Crippen LogP) is 3.50. The van der Waals surface area contributed by atoms with Gasteiger partial charge in [-0.2, -0.15) is 0 Å². The average molecular weight is 405 g/mol. The molecule has 0 saturated heterocycles. The van der Waals surface area contributed by atoms with Gasteiger partial charge >= 0.3 is 6.03 Å². The number of nitrogens with one attached hydrogen (secondary N) is 2. The van der Waals surface area contributed by atoms with Crippen LogP contribution in [0.1, 0.15) is 24.0 Å². The van der Waals surface area contributed by atoms with Crippen molar-refractivity contribution < 1.29 is 14.3 Å². The van der Waals surface area contributed by atoms with Crippen LogP contribution in [-0.2, 0) is 22.5 Å². The Morgan fingerprint density at radius 2 is 1.73 bits per heavy atom. The Balaban J connectivity index is 1.29. The fourth-order valence-electron chi connectivity index (χ4n) is 3.85. The van der Waals surface area contributed by atoms with Gasteiger partial charge in [0.25, 0.3) is 0 Å². The lowest BCUT2D eigenvalue weighted by molar-refractivity contribution is -0.116. The average Bonchev–Trinajstić information content (AvgIpc) is 3.25. The Labute approximate surface area is 176 Å². The number of hydrogen-bond acceptors (Lipinski definition) is 3. The number of amides is 3. The number of nitrogens with zero attached hydrogens (tertiary/aromatic N) is 1. The summed E-state index contributed by atoms with van der Waals surface area (Å²) >= 11 is 0. The van der Waals surface area contributed by atoms with E-state index in [4.69, 9.17) is 4.74 Å². The van der Waals surface area contributed by atoms with Crippen molar-refractivity contribution in [1.82, 2.24) is 10.2 Å². The molecule has 2 aliphatic rings. The number of para-hydroxylation sites is 1. The van der Waals surface area contributed by atoms with E-state index in [0.717, 1.165) is 23.2 Å². The zero-order chi connectivity index (χ0) is 20.8. The summed E-state index contributed by atoms with van der Waals surface area (Å²) in [6.07, 6.45) is 2.00. The highest BCUT2D eigenvalue weighted by atomic mass is 16.5. The minimum atomic E-state index is -0.0846. The molecule has 3 amide bonds. The van der Waals surface area contributed by atoms with Crippen molar-refractivity contribution in [3.8, 4) is 0 Å². The van der Waals surface area contributed by atoms with Crippen molar-refractivity contribution >= 4 is 17.6 Å². The molecule has 0 radical (unpaired) electrons. The smallest absolute Gasteiger partial charge is 0.317 e. The number of hydrogen-bond donors (Lipinski definition) is 2. The number of carbonyl (C=O) groups is 2. The van der Waals surface area contributed by atoms with Crippen molar-refractivity contribution in [3.05, 3.63) is 76.9 Å². The molecule has 0 fully saturated rings. The van der Waals surface area contributed by atoms with Crippen molar-refractivity contribution in [1.29, 1.82) is 0 Å². The lowest BCUT2D eigenvalue weighted by Crippen LogP contribution is -2.43. The Kier molecular flexibility index (Phi) is 6.44. The van der Waals surface area contributed by atoms with E-state index in [2.05, 4.69) is 10.6 Å². The second-order valence-corrected chi connectivity index (χ2v) is 7.72. The summed E-state index contributed by atoms with van der Waals surface area (Å²) < 4.78 is 5.48. The van der Waals surface area contributed by atoms with Crippen molar-refractivity contribution in [3.63, 3.8) is 0 Å². The molecule has 6 heteroatoms. The lowest BCUT2D eigenvalue weighted by Gasteiger charge is -2.28. The number of anilines is 1. The van der Waals surface area contributed by atoms with E-state index in [0.29, 0.717) is 45.7 Å². The summed E-state index contributed by atoms with van der Waals surface area (Å²) in [4.78, 5) is 26.9. The third-order valence-electron chi connectivity index (χ3n) is 5.61. The first kappa shape index (κ1) is 20.2. The van der Waals surface area contributed by atoms with Crippen LogP contribution in [0, 0.1) is 0 Å². The van der Waals surface area contributed by atoms with Crippen LogP contribution in [0.2, 0.25) is 0 Å². The topological polar surface area (TPSA) is 70.7 Å². The monoisotopic (exact) mass is 405 g/mol. The highest BCUT2D eigenvalue weighted by molar-refractivity contribution is 5.91. The van der Waals surface area contributed by atoms with Gasteiger partial charge in [-0.05, 0) is 41.2 Å². The molecule has 2 aromatic carbocycles. The van der Waals surface area contributed by atoms with Gasteiger partial charge in [-0.3, -0.25) is 4.79 Å². The third-order valence-corrected chi connectivity index (χ3v) is 5.61. The van der Waals surface area contributed by atoms with Crippen LogP contribution in [0.25, 0.3) is 0 Å². The summed E-state index contributed by atoms with van der Waals surface area (Å²) in [7, 11) is 0. The van der Waals surface area contributed by atoms with Crippen molar-refractivity contribution in [2.45, 2.75) is 25.8 Å².